The number of aromatic nitrogens is 1. The van der Waals surface area contributed by atoms with Gasteiger partial charge >= 0.3 is 0 Å². The Hall–Kier alpha value is -1.25. The summed E-state index contributed by atoms with van der Waals surface area (Å²) in [6.45, 7) is 2.79. The van der Waals surface area contributed by atoms with Crippen LogP contribution in [0.1, 0.15) is 6.92 Å². The van der Waals surface area contributed by atoms with Crippen molar-refractivity contribution in [2.45, 2.75) is 13.0 Å². The number of fused-ring (bicyclic) bond motifs is 1. The van der Waals surface area contributed by atoms with Crippen LogP contribution in [0.4, 0.5) is 5.82 Å². The molecule has 1 atom stereocenters. The Bertz CT molecular complexity index is 262. The third-order valence-electron chi connectivity index (χ3n) is 1.64. The zero-order valence-corrected chi connectivity index (χ0v) is 6.37. The normalized spacial score (nSPS) is 21.4. The number of pyridine rings is 1. The molecule has 1 aromatic rings. The predicted octanol–water partition coefficient (Wildman–Crippen LogP) is 1.27. The molecule has 1 N–H and O–H groups in total. The molecule has 3 heteroatoms. The molecule has 0 amide bonds. The minimum absolute atomic E-state index is 0.359. The summed E-state index contributed by atoms with van der Waals surface area (Å²) < 4.78 is 5.41. The number of nitrogens with zero attached hydrogens (tertiary/aromatic N) is 1. The van der Waals surface area contributed by atoms with Gasteiger partial charge in [0.05, 0.1) is 6.04 Å². The molecule has 0 aromatic carbocycles. The quantitative estimate of drug-likeness (QED) is 0.604. The van der Waals surface area contributed by atoms with Crippen molar-refractivity contribution in [2.75, 3.05) is 11.9 Å². The Morgan fingerprint density at radius 2 is 2.64 bits per heavy atom. The van der Waals surface area contributed by atoms with Gasteiger partial charge < -0.3 is 10.1 Å². The Labute approximate surface area is 65.4 Å². The first-order valence-electron chi connectivity index (χ1n) is 3.70. The summed E-state index contributed by atoms with van der Waals surface area (Å²) in [5.74, 6) is 1.71. The summed E-state index contributed by atoms with van der Waals surface area (Å²) in [4.78, 5) is 4.13. The summed E-state index contributed by atoms with van der Waals surface area (Å²) in [6, 6.07) is 4.15. The van der Waals surface area contributed by atoms with E-state index in [-0.39, 0.29) is 0 Å². The maximum Gasteiger partial charge on any atom is 0.169 e. The molecule has 2 heterocycles. The van der Waals surface area contributed by atoms with Crippen LogP contribution in [0.25, 0.3) is 0 Å². The molecular weight excluding hydrogens is 140 g/mol. The summed E-state index contributed by atoms with van der Waals surface area (Å²) in [5.41, 5.74) is 0. The van der Waals surface area contributed by atoms with Gasteiger partial charge in [0.1, 0.15) is 6.61 Å². The number of nitrogens with one attached hydrogen (secondary N) is 1. The zero-order valence-electron chi connectivity index (χ0n) is 6.37. The van der Waals surface area contributed by atoms with Crippen molar-refractivity contribution >= 4 is 5.82 Å². The highest BCUT2D eigenvalue weighted by Crippen LogP contribution is 2.24. The highest BCUT2D eigenvalue weighted by atomic mass is 16.5. The SMILES string of the molecule is C[C@H]1COc2cccnc2N1. The van der Waals surface area contributed by atoms with E-state index < -0.39 is 0 Å². The van der Waals surface area contributed by atoms with Crippen LogP contribution in [-0.2, 0) is 0 Å². The lowest BCUT2D eigenvalue weighted by Crippen LogP contribution is -2.28. The van der Waals surface area contributed by atoms with Crippen molar-refractivity contribution in [2.24, 2.45) is 0 Å². The van der Waals surface area contributed by atoms with E-state index in [0.29, 0.717) is 6.04 Å². The smallest absolute Gasteiger partial charge is 0.169 e. The fraction of sp³-hybridized carbons (Fsp3) is 0.375. The predicted molar refractivity (Wildman–Crippen MR) is 42.8 cm³/mol. The van der Waals surface area contributed by atoms with Crippen LogP contribution in [-0.4, -0.2) is 17.6 Å². The zero-order chi connectivity index (χ0) is 7.68. The van der Waals surface area contributed by atoms with Gasteiger partial charge in [-0.3, -0.25) is 0 Å². The van der Waals surface area contributed by atoms with Gasteiger partial charge in [-0.25, -0.2) is 4.98 Å². The molecule has 3 nitrogen and oxygen atoms in total. The van der Waals surface area contributed by atoms with E-state index in [1.165, 1.54) is 0 Å². The standard InChI is InChI=1S/C8H10N2O/c1-6-5-11-7-3-2-4-9-8(7)10-6/h2-4,6H,5H2,1H3,(H,9,10)/t6-/m0/s1. The molecule has 0 saturated carbocycles. The first-order valence-corrected chi connectivity index (χ1v) is 3.70. The summed E-state index contributed by atoms with van der Waals surface area (Å²) in [5, 5.41) is 3.22. The van der Waals surface area contributed by atoms with Gasteiger partial charge in [0.2, 0.25) is 0 Å². The third kappa shape index (κ3) is 1.13. The number of anilines is 1. The van der Waals surface area contributed by atoms with Gasteiger partial charge in [0, 0.05) is 6.20 Å². The largest absolute Gasteiger partial charge is 0.488 e. The van der Waals surface area contributed by atoms with Crippen LogP contribution >= 0.6 is 0 Å². The lowest BCUT2D eigenvalue weighted by molar-refractivity contribution is 0.290. The molecule has 0 unspecified atom stereocenters. The van der Waals surface area contributed by atoms with E-state index in [4.69, 9.17) is 4.74 Å². The fourth-order valence-electron chi connectivity index (χ4n) is 1.11. The minimum Gasteiger partial charge on any atom is -0.488 e. The minimum atomic E-state index is 0.359. The van der Waals surface area contributed by atoms with E-state index in [0.717, 1.165) is 18.2 Å². The van der Waals surface area contributed by atoms with Crippen molar-refractivity contribution in [3.8, 4) is 5.75 Å². The molecule has 0 saturated heterocycles. The van der Waals surface area contributed by atoms with E-state index in [9.17, 15) is 0 Å². The second kappa shape index (κ2) is 2.42. The van der Waals surface area contributed by atoms with E-state index in [1.54, 1.807) is 6.20 Å². The van der Waals surface area contributed by atoms with Crippen molar-refractivity contribution < 1.29 is 4.74 Å². The summed E-state index contributed by atoms with van der Waals surface area (Å²) in [6.07, 6.45) is 1.76. The van der Waals surface area contributed by atoms with Gasteiger partial charge in [-0.15, -0.1) is 0 Å². The maximum atomic E-state index is 5.41. The topological polar surface area (TPSA) is 34.1 Å². The van der Waals surface area contributed by atoms with E-state index >= 15 is 0 Å². The Morgan fingerprint density at radius 1 is 1.73 bits per heavy atom. The molecule has 0 aliphatic carbocycles. The second-order valence-corrected chi connectivity index (χ2v) is 2.71. The molecule has 1 aliphatic rings. The van der Waals surface area contributed by atoms with Crippen LogP contribution < -0.4 is 10.1 Å². The van der Waals surface area contributed by atoms with Crippen LogP contribution in [0.15, 0.2) is 18.3 Å². The highest BCUT2D eigenvalue weighted by Gasteiger charge is 2.14. The van der Waals surface area contributed by atoms with Crippen LogP contribution in [0, 0.1) is 0 Å². The van der Waals surface area contributed by atoms with Gasteiger partial charge in [-0.1, -0.05) is 0 Å². The van der Waals surface area contributed by atoms with Gasteiger partial charge in [0.15, 0.2) is 11.6 Å². The van der Waals surface area contributed by atoms with Crippen molar-refractivity contribution in [1.82, 2.24) is 4.98 Å². The highest BCUT2D eigenvalue weighted by molar-refractivity contribution is 5.51. The molecule has 2 rings (SSSR count). The molecule has 0 bridgehead atoms. The average molecular weight is 150 g/mol. The Kier molecular flexibility index (Phi) is 1.42. The Balaban J connectivity index is 2.34. The van der Waals surface area contributed by atoms with Crippen LogP contribution in [0.2, 0.25) is 0 Å². The Morgan fingerprint density at radius 3 is 3.55 bits per heavy atom. The fourth-order valence-corrected chi connectivity index (χ4v) is 1.11. The van der Waals surface area contributed by atoms with Crippen molar-refractivity contribution in [1.29, 1.82) is 0 Å². The average Bonchev–Trinajstić information content (AvgIpc) is 2.04. The molecule has 11 heavy (non-hydrogen) atoms. The number of rotatable bonds is 0. The number of hydrogen-bond acceptors (Lipinski definition) is 3. The van der Waals surface area contributed by atoms with Gasteiger partial charge in [-0.2, -0.15) is 0 Å². The molecule has 0 fully saturated rings. The van der Waals surface area contributed by atoms with Gasteiger partial charge in [-0.05, 0) is 19.1 Å². The third-order valence-corrected chi connectivity index (χ3v) is 1.64. The first-order chi connectivity index (χ1) is 5.36. The lowest BCUT2D eigenvalue weighted by atomic mass is 10.3. The second-order valence-electron chi connectivity index (χ2n) is 2.71. The number of hydrogen-bond donors (Lipinski definition) is 1. The first kappa shape index (κ1) is 6.46. The molecular formula is C8H10N2O. The lowest BCUT2D eigenvalue weighted by Gasteiger charge is -2.23. The number of ether oxygens (including phenoxy) is 1. The van der Waals surface area contributed by atoms with Gasteiger partial charge in [0.25, 0.3) is 0 Å². The maximum absolute atomic E-state index is 5.41. The molecule has 0 spiro atoms. The summed E-state index contributed by atoms with van der Waals surface area (Å²) >= 11 is 0. The monoisotopic (exact) mass is 150 g/mol. The molecule has 0 radical (unpaired) electrons. The van der Waals surface area contributed by atoms with Crippen molar-refractivity contribution in [3.63, 3.8) is 0 Å². The van der Waals surface area contributed by atoms with Crippen LogP contribution in [0.5, 0.6) is 5.75 Å². The molecule has 58 valence electrons. The molecule has 1 aliphatic heterocycles. The molecule has 1 aromatic heterocycles. The van der Waals surface area contributed by atoms with Crippen molar-refractivity contribution in [3.05, 3.63) is 18.3 Å². The van der Waals surface area contributed by atoms with E-state index in [2.05, 4.69) is 17.2 Å². The van der Waals surface area contributed by atoms with E-state index in [1.807, 2.05) is 12.1 Å². The van der Waals surface area contributed by atoms with Crippen LogP contribution in [0.3, 0.4) is 0 Å². The summed E-state index contributed by atoms with van der Waals surface area (Å²) in [7, 11) is 0.